The molecule has 1 aromatic rings. The minimum Gasteiger partial charge on any atom is -0.391 e. The molecule has 0 saturated carbocycles. The molecule has 0 aliphatic heterocycles. The first-order chi connectivity index (χ1) is 7.54. The summed E-state index contributed by atoms with van der Waals surface area (Å²) in [5, 5.41) is 2.87. The van der Waals surface area contributed by atoms with Crippen LogP contribution < -0.4 is 28.1 Å². The second-order valence-corrected chi connectivity index (χ2v) is 3.61. The number of hydrogen-bond acceptors (Lipinski definition) is 6. The van der Waals surface area contributed by atoms with Crippen molar-refractivity contribution in [2.24, 2.45) is 5.73 Å². The summed E-state index contributed by atoms with van der Waals surface area (Å²) in [6.07, 6.45) is 2.54. The number of aromatic nitrogens is 2. The van der Waals surface area contributed by atoms with Gasteiger partial charge >= 0.3 is 0 Å². The number of H-pyrrole nitrogens is 1. The smallest absolute Gasteiger partial charge is 0.277 e. The Bertz CT molecular complexity index is 401. The molecule has 8 N–H and O–H groups in total. The van der Waals surface area contributed by atoms with Gasteiger partial charge in [0.1, 0.15) is 5.69 Å². The highest BCUT2D eigenvalue weighted by Crippen LogP contribution is 2.12. The van der Waals surface area contributed by atoms with Gasteiger partial charge in [-0.2, -0.15) is 4.98 Å². The second-order valence-electron chi connectivity index (χ2n) is 3.61. The molecule has 7 nitrogen and oxygen atoms in total. The van der Waals surface area contributed by atoms with Crippen LogP contribution in [0.5, 0.6) is 0 Å². The van der Waals surface area contributed by atoms with E-state index in [1.807, 2.05) is 0 Å². The molecule has 1 atom stereocenters. The molecular weight excluding hydrogens is 208 g/mol. The van der Waals surface area contributed by atoms with Crippen molar-refractivity contribution >= 4 is 17.5 Å². The molecule has 0 fully saturated rings. The largest absolute Gasteiger partial charge is 0.391 e. The Balaban J connectivity index is 2.77. The molecule has 7 heteroatoms. The van der Waals surface area contributed by atoms with E-state index in [2.05, 4.69) is 22.2 Å². The van der Waals surface area contributed by atoms with Crippen molar-refractivity contribution in [3.05, 3.63) is 10.4 Å². The molecule has 0 saturated heterocycles. The summed E-state index contributed by atoms with van der Waals surface area (Å²) < 4.78 is 0. The number of aromatic amines is 1. The minimum absolute atomic E-state index is 0.00106. The SMILES string of the molecule is CCCC[C@@H](N)Nc1nc(N)[nH]c(=O)c1N. The molecule has 0 bridgehead atoms. The van der Waals surface area contributed by atoms with E-state index in [1.54, 1.807) is 0 Å². The molecule has 0 aliphatic rings. The van der Waals surface area contributed by atoms with E-state index in [0.717, 1.165) is 19.3 Å². The molecule has 1 aromatic heterocycles. The Morgan fingerprint density at radius 2 is 2.19 bits per heavy atom. The molecular formula is C9H18N6O. The number of nitrogen functional groups attached to an aromatic ring is 2. The molecule has 1 heterocycles. The van der Waals surface area contributed by atoms with Crippen LogP contribution in [-0.2, 0) is 0 Å². The van der Waals surface area contributed by atoms with E-state index in [0.29, 0.717) is 0 Å². The van der Waals surface area contributed by atoms with Gasteiger partial charge in [-0.25, -0.2) is 0 Å². The third kappa shape index (κ3) is 3.13. The van der Waals surface area contributed by atoms with Crippen molar-refractivity contribution in [1.82, 2.24) is 9.97 Å². The van der Waals surface area contributed by atoms with E-state index in [1.165, 1.54) is 0 Å². The van der Waals surface area contributed by atoms with Gasteiger partial charge in [-0.15, -0.1) is 0 Å². The van der Waals surface area contributed by atoms with Gasteiger partial charge in [-0.05, 0) is 6.42 Å². The van der Waals surface area contributed by atoms with Gasteiger partial charge in [0.25, 0.3) is 5.56 Å². The van der Waals surface area contributed by atoms with E-state index in [9.17, 15) is 4.79 Å². The molecule has 0 amide bonds. The zero-order valence-electron chi connectivity index (χ0n) is 9.29. The highest BCUT2D eigenvalue weighted by Gasteiger charge is 2.09. The lowest BCUT2D eigenvalue weighted by Gasteiger charge is -2.15. The number of hydrogen-bond donors (Lipinski definition) is 5. The van der Waals surface area contributed by atoms with Gasteiger partial charge < -0.3 is 22.5 Å². The fourth-order valence-corrected chi connectivity index (χ4v) is 1.28. The lowest BCUT2D eigenvalue weighted by molar-refractivity contribution is 0.624. The van der Waals surface area contributed by atoms with Gasteiger partial charge in [0, 0.05) is 0 Å². The highest BCUT2D eigenvalue weighted by atomic mass is 16.1. The molecule has 0 radical (unpaired) electrons. The summed E-state index contributed by atoms with van der Waals surface area (Å²) in [5.74, 6) is 0.259. The summed E-state index contributed by atoms with van der Waals surface area (Å²) in [6, 6.07) is 0. The van der Waals surface area contributed by atoms with Crippen LogP contribution in [0.2, 0.25) is 0 Å². The Morgan fingerprint density at radius 1 is 1.50 bits per heavy atom. The van der Waals surface area contributed by atoms with Crippen LogP contribution in [-0.4, -0.2) is 16.1 Å². The van der Waals surface area contributed by atoms with E-state index in [4.69, 9.17) is 17.2 Å². The Labute approximate surface area is 93.4 Å². The number of unbranched alkanes of at least 4 members (excludes halogenated alkanes) is 1. The zero-order chi connectivity index (χ0) is 12.1. The van der Waals surface area contributed by atoms with Crippen molar-refractivity contribution in [3.63, 3.8) is 0 Å². The number of nitrogens with one attached hydrogen (secondary N) is 2. The van der Waals surface area contributed by atoms with E-state index >= 15 is 0 Å². The summed E-state index contributed by atoms with van der Waals surface area (Å²) in [7, 11) is 0. The third-order valence-electron chi connectivity index (χ3n) is 2.16. The fraction of sp³-hybridized carbons (Fsp3) is 0.556. The Kier molecular flexibility index (Phi) is 4.12. The van der Waals surface area contributed by atoms with Crippen LogP contribution in [0.15, 0.2) is 4.79 Å². The van der Waals surface area contributed by atoms with Gasteiger partial charge in [-0.3, -0.25) is 9.78 Å². The van der Waals surface area contributed by atoms with Crippen LogP contribution in [0, 0.1) is 0 Å². The van der Waals surface area contributed by atoms with Crippen LogP contribution in [0.1, 0.15) is 26.2 Å². The molecule has 0 aliphatic carbocycles. The highest BCUT2D eigenvalue weighted by molar-refractivity contribution is 5.61. The van der Waals surface area contributed by atoms with Gasteiger partial charge in [-0.1, -0.05) is 19.8 Å². The van der Waals surface area contributed by atoms with Gasteiger partial charge in [0.2, 0.25) is 5.95 Å². The molecule has 0 aromatic carbocycles. The average Bonchev–Trinajstić information content (AvgIpc) is 2.22. The molecule has 0 unspecified atom stereocenters. The number of rotatable bonds is 5. The maximum Gasteiger partial charge on any atom is 0.277 e. The van der Waals surface area contributed by atoms with Crippen molar-refractivity contribution in [2.45, 2.75) is 32.4 Å². The van der Waals surface area contributed by atoms with Gasteiger partial charge in [0.05, 0.1) is 6.17 Å². The third-order valence-corrected chi connectivity index (χ3v) is 2.16. The van der Waals surface area contributed by atoms with Gasteiger partial charge in [0.15, 0.2) is 5.82 Å². The number of anilines is 3. The van der Waals surface area contributed by atoms with Crippen molar-refractivity contribution < 1.29 is 0 Å². The zero-order valence-corrected chi connectivity index (χ0v) is 9.29. The summed E-state index contributed by atoms with van der Waals surface area (Å²) in [6.45, 7) is 2.07. The first-order valence-electron chi connectivity index (χ1n) is 5.22. The molecule has 1 rings (SSSR count). The Morgan fingerprint density at radius 3 is 2.81 bits per heavy atom. The van der Waals surface area contributed by atoms with Crippen molar-refractivity contribution in [1.29, 1.82) is 0 Å². The van der Waals surface area contributed by atoms with Crippen LogP contribution in [0.3, 0.4) is 0 Å². The minimum atomic E-state index is -0.460. The second kappa shape index (κ2) is 5.36. The number of nitrogens with zero attached hydrogens (tertiary/aromatic N) is 1. The molecule has 90 valence electrons. The van der Waals surface area contributed by atoms with Crippen LogP contribution in [0.4, 0.5) is 17.5 Å². The quantitative estimate of drug-likeness (QED) is 0.442. The first kappa shape index (κ1) is 12.3. The maximum atomic E-state index is 11.3. The molecule has 0 spiro atoms. The maximum absolute atomic E-state index is 11.3. The monoisotopic (exact) mass is 226 g/mol. The fourth-order valence-electron chi connectivity index (χ4n) is 1.28. The van der Waals surface area contributed by atoms with E-state index in [-0.39, 0.29) is 23.6 Å². The summed E-state index contributed by atoms with van der Waals surface area (Å²) in [4.78, 5) is 17.5. The topological polar surface area (TPSA) is 136 Å². The normalized spacial score (nSPS) is 12.4. The molecule has 16 heavy (non-hydrogen) atoms. The lowest BCUT2D eigenvalue weighted by Crippen LogP contribution is -2.31. The Hall–Kier alpha value is -1.76. The van der Waals surface area contributed by atoms with E-state index < -0.39 is 5.56 Å². The standard InChI is InChI=1S/C9H18N6O/c1-2-3-4-5(10)13-7-6(11)8(16)15-9(12)14-7/h5H,2-4,10-11H2,1H3,(H4,12,13,14,15,16)/t5-/m0/s1. The predicted molar refractivity (Wildman–Crippen MR) is 64.8 cm³/mol. The summed E-state index contributed by atoms with van der Waals surface area (Å²) in [5.41, 5.74) is 16.3. The van der Waals surface area contributed by atoms with Crippen molar-refractivity contribution in [3.8, 4) is 0 Å². The lowest BCUT2D eigenvalue weighted by atomic mass is 10.2. The first-order valence-corrected chi connectivity index (χ1v) is 5.22. The number of nitrogens with two attached hydrogens (primary N) is 3. The van der Waals surface area contributed by atoms with Crippen LogP contribution >= 0.6 is 0 Å². The summed E-state index contributed by atoms with van der Waals surface area (Å²) >= 11 is 0. The van der Waals surface area contributed by atoms with Crippen molar-refractivity contribution in [2.75, 3.05) is 16.8 Å². The van der Waals surface area contributed by atoms with Crippen LogP contribution in [0.25, 0.3) is 0 Å². The predicted octanol–water partition coefficient (Wildman–Crippen LogP) is -0.179. The average molecular weight is 226 g/mol.